The smallest absolute Gasteiger partial charge is 0.0540 e. The van der Waals surface area contributed by atoms with Crippen molar-refractivity contribution in [1.82, 2.24) is 0 Å². The highest BCUT2D eigenvalue weighted by Gasteiger charge is 2.39. The third kappa shape index (κ3) is 6.45. The number of rotatable bonds is 6. The second-order valence-corrected chi connectivity index (χ2v) is 9.16. The summed E-state index contributed by atoms with van der Waals surface area (Å²) in [5.41, 5.74) is -0.277. The lowest BCUT2D eigenvalue weighted by molar-refractivity contribution is 0.00222. The van der Waals surface area contributed by atoms with Gasteiger partial charge in [0.1, 0.15) is 0 Å². The van der Waals surface area contributed by atoms with E-state index in [2.05, 4.69) is 13.8 Å². The molecule has 2 fully saturated rings. The third-order valence-corrected chi connectivity index (χ3v) is 7.25. The molecule has 0 aromatic rings. The maximum atomic E-state index is 9.60. The standard InChI is InChI=1S/C15H28O2.C6H14O3/c1-15(2,11-3-7-13(16)8-4-11)12-5-9-14(17)10-6-12;1-2-6(3-7,4-8)5-9/h11-14,16-17H,3-10H2,1-2H3;7-9H,2-5H2,1H3. The van der Waals surface area contributed by atoms with Crippen molar-refractivity contribution in [2.45, 2.75) is 90.8 Å². The van der Waals surface area contributed by atoms with Gasteiger partial charge >= 0.3 is 0 Å². The molecule has 156 valence electrons. The van der Waals surface area contributed by atoms with E-state index in [9.17, 15) is 10.2 Å². The lowest BCUT2D eigenvalue weighted by Crippen LogP contribution is -2.38. The van der Waals surface area contributed by atoms with Crippen LogP contribution < -0.4 is 0 Å². The van der Waals surface area contributed by atoms with Crippen LogP contribution in [0.3, 0.4) is 0 Å². The molecule has 0 unspecified atom stereocenters. The normalized spacial score (nSPS) is 30.5. The molecule has 2 saturated carbocycles. The second kappa shape index (κ2) is 11.0. The molecular formula is C21H42O5. The number of hydrogen-bond acceptors (Lipinski definition) is 5. The van der Waals surface area contributed by atoms with E-state index in [0.29, 0.717) is 11.8 Å². The van der Waals surface area contributed by atoms with Crippen LogP contribution in [0.2, 0.25) is 0 Å². The Kier molecular flexibility index (Phi) is 10.0. The molecule has 0 amide bonds. The molecule has 26 heavy (non-hydrogen) atoms. The monoisotopic (exact) mass is 374 g/mol. The van der Waals surface area contributed by atoms with Crippen molar-refractivity contribution in [3.05, 3.63) is 0 Å². The highest BCUT2D eigenvalue weighted by molar-refractivity contribution is 4.90. The average Bonchev–Trinajstić information content (AvgIpc) is 2.65. The Morgan fingerprint density at radius 1 is 0.654 bits per heavy atom. The molecular weight excluding hydrogens is 332 g/mol. The van der Waals surface area contributed by atoms with Gasteiger partial charge in [-0.25, -0.2) is 0 Å². The molecule has 0 saturated heterocycles. The van der Waals surface area contributed by atoms with Crippen molar-refractivity contribution in [2.24, 2.45) is 22.7 Å². The van der Waals surface area contributed by atoms with Gasteiger partial charge in [0.25, 0.3) is 0 Å². The molecule has 2 aliphatic carbocycles. The van der Waals surface area contributed by atoms with Crippen LogP contribution in [0.5, 0.6) is 0 Å². The Bertz CT molecular complexity index is 323. The zero-order chi connectivity index (χ0) is 19.8. The Hall–Kier alpha value is -0.200. The zero-order valence-corrected chi connectivity index (χ0v) is 17.0. The van der Waals surface area contributed by atoms with Crippen molar-refractivity contribution in [3.8, 4) is 0 Å². The van der Waals surface area contributed by atoms with Gasteiger partial charge in [-0.2, -0.15) is 0 Å². The summed E-state index contributed by atoms with van der Waals surface area (Å²) >= 11 is 0. The van der Waals surface area contributed by atoms with E-state index < -0.39 is 5.41 Å². The van der Waals surface area contributed by atoms with E-state index in [1.165, 1.54) is 25.7 Å². The third-order valence-electron chi connectivity index (χ3n) is 7.25. The quantitative estimate of drug-likeness (QED) is 0.492. The van der Waals surface area contributed by atoms with E-state index in [1.54, 1.807) is 0 Å². The van der Waals surface area contributed by atoms with E-state index in [0.717, 1.165) is 37.5 Å². The zero-order valence-electron chi connectivity index (χ0n) is 17.0. The van der Waals surface area contributed by atoms with Gasteiger partial charge in [0.2, 0.25) is 0 Å². The number of aliphatic hydroxyl groups is 5. The molecule has 5 N–H and O–H groups in total. The highest BCUT2D eigenvalue weighted by atomic mass is 16.3. The molecule has 5 heteroatoms. The summed E-state index contributed by atoms with van der Waals surface area (Å²) < 4.78 is 0. The first kappa shape index (κ1) is 23.8. The molecule has 0 aromatic heterocycles. The first-order chi connectivity index (χ1) is 12.2. The van der Waals surface area contributed by atoms with Crippen LogP contribution in [0.25, 0.3) is 0 Å². The lowest BCUT2D eigenvalue weighted by Gasteiger charge is -2.46. The molecule has 0 spiro atoms. The Morgan fingerprint density at radius 3 is 1.15 bits per heavy atom. The molecule has 2 rings (SSSR count). The van der Waals surface area contributed by atoms with Crippen molar-refractivity contribution < 1.29 is 25.5 Å². The van der Waals surface area contributed by atoms with E-state index >= 15 is 0 Å². The van der Waals surface area contributed by atoms with Gasteiger partial charge in [-0.1, -0.05) is 20.8 Å². The van der Waals surface area contributed by atoms with Crippen molar-refractivity contribution >= 4 is 0 Å². The maximum Gasteiger partial charge on any atom is 0.0540 e. The molecule has 0 aliphatic heterocycles. The van der Waals surface area contributed by atoms with Crippen LogP contribution in [0.4, 0.5) is 0 Å². The topological polar surface area (TPSA) is 101 Å². The fourth-order valence-corrected chi connectivity index (χ4v) is 4.46. The first-order valence-corrected chi connectivity index (χ1v) is 10.4. The fraction of sp³-hybridized carbons (Fsp3) is 1.00. The van der Waals surface area contributed by atoms with Crippen molar-refractivity contribution in [2.75, 3.05) is 19.8 Å². The van der Waals surface area contributed by atoms with Crippen LogP contribution in [0.15, 0.2) is 0 Å². The molecule has 0 atom stereocenters. The minimum Gasteiger partial charge on any atom is -0.396 e. The Labute approximate surface area is 159 Å². The Morgan fingerprint density at radius 2 is 0.962 bits per heavy atom. The van der Waals surface area contributed by atoms with Gasteiger partial charge < -0.3 is 25.5 Å². The summed E-state index contributed by atoms with van der Waals surface area (Å²) in [6, 6.07) is 0. The fourth-order valence-electron chi connectivity index (χ4n) is 4.46. The predicted molar refractivity (Wildman–Crippen MR) is 104 cm³/mol. The largest absolute Gasteiger partial charge is 0.396 e. The molecule has 0 aromatic carbocycles. The van der Waals surface area contributed by atoms with E-state index in [4.69, 9.17) is 15.3 Å². The van der Waals surface area contributed by atoms with Gasteiger partial charge in [0.05, 0.1) is 32.0 Å². The number of aliphatic hydroxyl groups excluding tert-OH is 5. The summed E-state index contributed by atoms with van der Waals surface area (Å²) in [7, 11) is 0. The molecule has 0 heterocycles. The van der Waals surface area contributed by atoms with Crippen LogP contribution in [0, 0.1) is 22.7 Å². The summed E-state index contributed by atoms with van der Waals surface area (Å²) in [6.07, 6.45) is 9.21. The molecule has 0 radical (unpaired) electrons. The second-order valence-electron chi connectivity index (χ2n) is 9.16. The minimum absolute atomic E-state index is 0.0461. The van der Waals surface area contributed by atoms with Crippen LogP contribution in [-0.4, -0.2) is 57.6 Å². The predicted octanol–water partition coefficient (Wildman–Crippen LogP) is 2.47. The summed E-state index contributed by atoms with van der Waals surface area (Å²) in [5.74, 6) is 1.54. The van der Waals surface area contributed by atoms with Gasteiger partial charge in [-0.15, -0.1) is 0 Å². The minimum atomic E-state index is -0.667. The first-order valence-electron chi connectivity index (χ1n) is 10.4. The van der Waals surface area contributed by atoms with Crippen LogP contribution >= 0.6 is 0 Å². The lowest BCUT2D eigenvalue weighted by atomic mass is 9.60. The molecule has 2 aliphatic rings. The van der Waals surface area contributed by atoms with E-state index in [-0.39, 0.29) is 32.0 Å². The van der Waals surface area contributed by atoms with E-state index in [1.807, 2.05) is 6.92 Å². The van der Waals surface area contributed by atoms with Crippen molar-refractivity contribution in [3.63, 3.8) is 0 Å². The van der Waals surface area contributed by atoms with Gasteiger partial charge in [0, 0.05) is 5.41 Å². The molecule has 0 bridgehead atoms. The Balaban J connectivity index is 0.000000321. The maximum absolute atomic E-state index is 9.60. The average molecular weight is 375 g/mol. The van der Waals surface area contributed by atoms with Crippen LogP contribution in [0.1, 0.15) is 78.6 Å². The van der Waals surface area contributed by atoms with Gasteiger partial charge in [-0.3, -0.25) is 0 Å². The highest BCUT2D eigenvalue weighted by Crippen LogP contribution is 2.48. The molecule has 5 nitrogen and oxygen atoms in total. The van der Waals surface area contributed by atoms with Crippen LogP contribution in [-0.2, 0) is 0 Å². The summed E-state index contributed by atoms with van der Waals surface area (Å²) in [4.78, 5) is 0. The van der Waals surface area contributed by atoms with Crippen molar-refractivity contribution in [1.29, 1.82) is 0 Å². The SMILES string of the molecule is CC(C)(C1CCC(O)CC1)C1CCC(O)CC1.CCC(CO)(CO)CO. The summed E-state index contributed by atoms with van der Waals surface area (Å²) in [5, 5.41) is 45.2. The van der Waals surface area contributed by atoms with Gasteiger partial charge in [0.15, 0.2) is 0 Å². The number of hydrogen-bond donors (Lipinski definition) is 5. The van der Waals surface area contributed by atoms with Gasteiger partial charge in [-0.05, 0) is 75.0 Å². The summed E-state index contributed by atoms with van der Waals surface area (Å²) in [6.45, 7) is 6.18.